The summed E-state index contributed by atoms with van der Waals surface area (Å²) in [6.45, 7) is 1.49. The maximum atomic E-state index is 14.0. The lowest BCUT2D eigenvalue weighted by molar-refractivity contribution is -0.757. The van der Waals surface area contributed by atoms with Crippen LogP contribution in [0.15, 0.2) is 35.1 Å². The van der Waals surface area contributed by atoms with Gasteiger partial charge in [0.25, 0.3) is 5.09 Å². The van der Waals surface area contributed by atoms with Crippen molar-refractivity contribution in [2.24, 2.45) is 11.8 Å². The lowest BCUT2D eigenvalue weighted by Crippen LogP contribution is -2.70. The molecule has 0 saturated heterocycles. The van der Waals surface area contributed by atoms with Gasteiger partial charge in [-0.25, -0.2) is 0 Å². The number of aliphatic hydroxyl groups excluding tert-OH is 3. The van der Waals surface area contributed by atoms with Crippen molar-refractivity contribution >= 4 is 23.1 Å². The summed E-state index contributed by atoms with van der Waals surface area (Å²) in [5, 5.41) is 65.6. The molecule has 0 spiro atoms. The van der Waals surface area contributed by atoms with Crippen LogP contribution in [0.1, 0.15) is 49.7 Å². The number of rotatable bonds is 9. The van der Waals surface area contributed by atoms with E-state index in [9.17, 15) is 50.0 Å². The van der Waals surface area contributed by atoms with Crippen molar-refractivity contribution < 1.29 is 49.8 Å². The molecule has 1 aromatic rings. The molecule has 0 aliphatic heterocycles. The summed E-state index contributed by atoms with van der Waals surface area (Å²) >= 11 is 0. The molecule has 1 fully saturated rings. The second-order valence-corrected chi connectivity index (χ2v) is 10.7. The second kappa shape index (κ2) is 10.6. The number of benzene rings is 1. The van der Waals surface area contributed by atoms with Gasteiger partial charge in [0.1, 0.15) is 22.8 Å². The number of aliphatic hydroxyl groups is 4. The van der Waals surface area contributed by atoms with E-state index < -0.39 is 80.6 Å². The molecule has 6 unspecified atom stereocenters. The number of carbonyl (C=O) groups is 3. The minimum absolute atomic E-state index is 0.0410. The molecule has 5 N–H and O–H groups in total. The zero-order chi connectivity index (χ0) is 29.7. The molecule has 0 radical (unpaired) electrons. The Labute approximate surface area is 229 Å². The maximum absolute atomic E-state index is 14.0. The van der Waals surface area contributed by atoms with Crippen molar-refractivity contribution in [3.05, 3.63) is 56.3 Å². The van der Waals surface area contributed by atoms with E-state index in [0.29, 0.717) is 12.0 Å². The van der Waals surface area contributed by atoms with E-state index >= 15 is 0 Å². The standard InChI is InChI=1S/C27H32N2O11/c1-12-13-8-7-10-14(30)17(13)22(32)19-16(12)23(33)20-21(28(2)3)24(34)18(25(35)27(20,37)26(19)36)15(31)9-5-4-6-11-40-29(38)39/h7-8,10,12,16,20-21,23,30,32-33,35,37H,4-6,9,11H2,1-3H3. The number of nitrogens with zero attached hydrogens (tertiary/aromatic N) is 2. The third-order valence-electron chi connectivity index (χ3n) is 8.27. The van der Waals surface area contributed by atoms with Crippen molar-refractivity contribution in [3.63, 3.8) is 0 Å². The molecular formula is C27H32N2O11. The van der Waals surface area contributed by atoms with Gasteiger partial charge in [0.2, 0.25) is 5.78 Å². The van der Waals surface area contributed by atoms with Crippen LogP contribution >= 0.6 is 0 Å². The summed E-state index contributed by atoms with van der Waals surface area (Å²) in [6.07, 6.45) is -1.13. The molecule has 6 atom stereocenters. The molecule has 1 aromatic carbocycles. The smallest absolute Gasteiger partial charge is 0.294 e. The number of Topliss-reactive ketones (excluding diaryl/α,β-unsaturated/α-hetero) is 3. The van der Waals surface area contributed by atoms with E-state index in [1.165, 1.54) is 25.1 Å². The van der Waals surface area contributed by atoms with E-state index in [1.807, 2.05) is 0 Å². The van der Waals surface area contributed by atoms with Crippen LogP contribution in [0.2, 0.25) is 0 Å². The predicted octanol–water partition coefficient (Wildman–Crippen LogP) is 1.35. The largest absolute Gasteiger partial charge is 0.508 e. The molecule has 3 aliphatic carbocycles. The SMILES string of the molecule is CC1c2cccc(O)c2C(O)=C2C(=O)C3(O)C(O)=C(C(=O)CCCCCO[N+](=O)[O-])C(=O)C(N(C)C)C3C(O)C21. The summed E-state index contributed by atoms with van der Waals surface area (Å²) in [6, 6.07) is 3.10. The predicted molar refractivity (Wildman–Crippen MR) is 138 cm³/mol. The quantitative estimate of drug-likeness (QED) is 0.125. The van der Waals surface area contributed by atoms with Crippen LogP contribution in [0.5, 0.6) is 5.75 Å². The summed E-state index contributed by atoms with van der Waals surface area (Å²) < 4.78 is 0. The highest BCUT2D eigenvalue weighted by molar-refractivity contribution is 6.25. The number of unbranched alkanes of at least 4 members (excludes halogenated alkanes) is 2. The summed E-state index contributed by atoms with van der Waals surface area (Å²) in [5.74, 6) is -8.39. The van der Waals surface area contributed by atoms with E-state index in [4.69, 9.17) is 0 Å². The number of likely N-dealkylation sites (N-methyl/N-ethyl adjacent to an activating group) is 1. The van der Waals surface area contributed by atoms with Gasteiger partial charge in [0, 0.05) is 17.9 Å². The Bertz CT molecular complexity index is 1330. The number of hydrogen-bond acceptors (Lipinski definition) is 12. The molecule has 0 aromatic heterocycles. The van der Waals surface area contributed by atoms with Gasteiger partial charge in [0.15, 0.2) is 17.2 Å². The van der Waals surface area contributed by atoms with Crippen molar-refractivity contribution in [2.45, 2.75) is 56.3 Å². The maximum Gasteiger partial charge on any atom is 0.294 e. The van der Waals surface area contributed by atoms with Gasteiger partial charge in [0.05, 0.1) is 30.2 Å². The van der Waals surface area contributed by atoms with Crippen LogP contribution in [0.25, 0.3) is 5.76 Å². The zero-order valence-corrected chi connectivity index (χ0v) is 22.2. The number of hydrogen-bond donors (Lipinski definition) is 5. The number of phenols is 1. The Morgan fingerprint density at radius 1 is 1.15 bits per heavy atom. The average molecular weight is 561 g/mol. The molecule has 1 saturated carbocycles. The van der Waals surface area contributed by atoms with Crippen LogP contribution in [-0.2, 0) is 19.2 Å². The number of ketones is 3. The monoisotopic (exact) mass is 560 g/mol. The van der Waals surface area contributed by atoms with Gasteiger partial charge in [-0.3, -0.25) is 19.3 Å². The second-order valence-electron chi connectivity index (χ2n) is 10.7. The fourth-order valence-corrected chi connectivity index (χ4v) is 6.44. The van der Waals surface area contributed by atoms with E-state index in [-0.39, 0.29) is 37.2 Å². The van der Waals surface area contributed by atoms with Gasteiger partial charge in [-0.15, -0.1) is 10.1 Å². The number of phenolic OH excluding ortho intramolecular Hbond substituents is 1. The van der Waals surface area contributed by atoms with Gasteiger partial charge in [-0.05, 0) is 44.5 Å². The van der Waals surface area contributed by atoms with Gasteiger partial charge < -0.3 is 30.4 Å². The molecule has 4 rings (SSSR count). The highest BCUT2D eigenvalue weighted by atomic mass is 16.9. The van der Waals surface area contributed by atoms with Crippen molar-refractivity contribution in [3.8, 4) is 5.75 Å². The molecule has 13 nitrogen and oxygen atoms in total. The molecule has 216 valence electrons. The van der Waals surface area contributed by atoms with Gasteiger partial charge in [-0.2, -0.15) is 0 Å². The topological polar surface area (TPSA) is 208 Å². The lowest BCUT2D eigenvalue weighted by Gasteiger charge is -2.53. The van der Waals surface area contributed by atoms with Crippen LogP contribution < -0.4 is 0 Å². The molecule has 0 amide bonds. The fraction of sp³-hybridized carbons (Fsp3) is 0.519. The molecule has 0 heterocycles. The van der Waals surface area contributed by atoms with E-state index in [0.717, 1.165) is 0 Å². The highest BCUT2D eigenvalue weighted by Crippen LogP contribution is 2.56. The highest BCUT2D eigenvalue weighted by Gasteiger charge is 2.68. The summed E-state index contributed by atoms with van der Waals surface area (Å²) in [5.41, 5.74) is -3.70. The zero-order valence-electron chi connectivity index (χ0n) is 22.2. The Balaban J connectivity index is 1.78. The summed E-state index contributed by atoms with van der Waals surface area (Å²) in [4.78, 5) is 56.6. The Morgan fingerprint density at radius 3 is 2.45 bits per heavy atom. The first-order valence-electron chi connectivity index (χ1n) is 12.9. The van der Waals surface area contributed by atoms with E-state index in [2.05, 4.69) is 4.84 Å². The minimum Gasteiger partial charge on any atom is -0.508 e. The number of carbonyl (C=O) groups excluding carboxylic acids is 3. The van der Waals surface area contributed by atoms with Gasteiger partial charge >= 0.3 is 0 Å². The minimum atomic E-state index is -2.92. The molecule has 40 heavy (non-hydrogen) atoms. The third kappa shape index (κ3) is 4.34. The third-order valence-corrected chi connectivity index (χ3v) is 8.27. The van der Waals surface area contributed by atoms with Crippen LogP contribution in [0, 0.1) is 22.0 Å². The first kappa shape index (κ1) is 29.2. The van der Waals surface area contributed by atoms with Crippen LogP contribution in [0.3, 0.4) is 0 Å². The van der Waals surface area contributed by atoms with Crippen LogP contribution in [-0.4, -0.2) is 91.3 Å². The fourth-order valence-electron chi connectivity index (χ4n) is 6.44. The van der Waals surface area contributed by atoms with Crippen molar-refractivity contribution in [1.29, 1.82) is 0 Å². The first-order chi connectivity index (χ1) is 18.8. The number of fused-ring (bicyclic) bond motifs is 3. The summed E-state index contributed by atoms with van der Waals surface area (Å²) in [7, 11) is 2.95. The molecule has 0 bridgehead atoms. The van der Waals surface area contributed by atoms with Crippen molar-refractivity contribution in [2.75, 3.05) is 20.7 Å². The lowest BCUT2D eigenvalue weighted by atomic mass is 9.54. The molecule has 3 aliphatic rings. The van der Waals surface area contributed by atoms with Crippen LogP contribution in [0.4, 0.5) is 0 Å². The van der Waals surface area contributed by atoms with Crippen molar-refractivity contribution in [1.82, 2.24) is 4.90 Å². The average Bonchev–Trinajstić information content (AvgIpc) is 2.88. The van der Waals surface area contributed by atoms with Gasteiger partial charge in [-0.1, -0.05) is 25.5 Å². The Kier molecular flexibility index (Phi) is 7.76. The normalized spacial score (nSPS) is 29.7. The Hall–Kier alpha value is -3.81. The first-order valence-corrected chi connectivity index (χ1v) is 12.9. The van der Waals surface area contributed by atoms with E-state index in [1.54, 1.807) is 19.1 Å². The molecule has 13 heteroatoms. The molecular weight excluding hydrogens is 528 g/mol. The Morgan fingerprint density at radius 2 is 1.82 bits per heavy atom. The number of aromatic hydroxyl groups is 1.